The molecule has 11 heteroatoms. The summed E-state index contributed by atoms with van der Waals surface area (Å²) in [5.74, 6) is -2.78. The third kappa shape index (κ3) is 5.34. The number of dihydropyridines is 1. The number of ether oxygens (including phenoxy) is 3. The summed E-state index contributed by atoms with van der Waals surface area (Å²) < 4.78 is 18.3. The second-order valence-electron chi connectivity index (χ2n) is 9.63. The van der Waals surface area contributed by atoms with Crippen LogP contribution in [0.2, 0.25) is 0 Å². The van der Waals surface area contributed by atoms with Gasteiger partial charge in [0, 0.05) is 23.8 Å². The summed E-state index contributed by atoms with van der Waals surface area (Å²) in [4.78, 5) is 57.2. The Balaban J connectivity index is 1.44. The van der Waals surface area contributed by atoms with Crippen molar-refractivity contribution in [2.75, 3.05) is 33.5 Å². The van der Waals surface area contributed by atoms with Crippen LogP contribution in [0.1, 0.15) is 46.0 Å². The molecule has 0 spiro atoms. The van der Waals surface area contributed by atoms with E-state index in [0.29, 0.717) is 28.1 Å². The van der Waals surface area contributed by atoms with Crippen LogP contribution >= 0.6 is 0 Å². The molecule has 0 aliphatic carbocycles. The standard InChI is InChI=1S/C31H30N4O7/c1-4-42-31(39)27-24(17-41-15-14-35-28(36)22-10-5-6-11-23(22)29(35)37)33-19(2)25(30(38)40-3)26(27)20-8-7-9-21(16-20)34-13-12-32-18-34/h5-13,16,18,26,33H,4,14-15,17H2,1-3H3. The van der Waals surface area contributed by atoms with Gasteiger partial charge in [0.25, 0.3) is 11.8 Å². The Bertz CT molecular complexity index is 1570. The maximum absolute atomic E-state index is 13.5. The van der Waals surface area contributed by atoms with E-state index in [-0.39, 0.29) is 49.3 Å². The monoisotopic (exact) mass is 570 g/mol. The molecule has 5 rings (SSSR count). The van der Waals surface area contributed by atoms with E-state index in [1.165, 1.54) is 7.11 Å². The molecule has 2 aliphatic rings. The van der Waals surface area contributed by atoms with Crippen molar-refractivity contribution in [3.05, 3.63) is 106 Å². The number of carbonyl (C=O) groups excluding carboxylic acids is 4. The van der Waals surface area contributed by atoms with E-state index in [1.54, 1.807) is 56.8 Å². The Hall–Kier alpha value is -5.03. The summed E-state index contributed by atoms with van der Waals surface area (Å²) in [7, 11) is 1.28. The van der Waals surface area contributed by atoms with Crippen LogP contribution in [0.15, 0.2) is 89.8 Å². The largest absolute Gasteiger partial charge is 0.466 e. The number of imidazole rings is 1. The van der Waals surface area contributed by atoms with E-state index in [1.807, 2.05) is 28.8 Å². The number of hydrogen-bond donors (Lipinski definition) is 1. The molecule has 2 amide bonds. The van der Waals surface area contributed by atoms with Crippen LogP contribution in [0.25, 0.3) is 5.69 Å². The Morgan fingerprint density at radius 2 is 1.74 bits per heavy atom. The number of rotatable bonds is 10. The van der Waals surface area contributed by atoms with Crippen molar-refractivity contribution in [3.8, 4) is 5.69 Å². The predicted molar refractivity (Wildman–Crippen MR) is 150 cm³/mol. The average Bonchev–Trinajstić information content (AvgIpc) is 3.62. The zero-order valence-electron chi connectivity index (χ0n) is 23.5. The van der Waals surface area contributed by atoms with E-state index in [9.17, 15) is 19.2 Å². The number of imide groups is 1. The molecule has 0 saturated carbocycles. The van der Waals surface area contributed by atoms with Gasteiger partial charge < -0.3 is 24.1 Å². The predicted octanol–water partition coefficient (Wildman–Crippen LogP) is 3.14. The lowest BCUT2D eigenvalue weighted by molar-refractivity contribution is -0.139. The molecule has 3 aromatic rings. The van der Waals surface area contributed by atoms with Gasteiger partial charge in [0.15, 0.2) is 0 Å². The quantitative estimate of drug-likeness (QED) is 0.222. The van der Waals surface area contributed by atoms with Gasteiger partial charge in [-0.15, -0.1) is 0 Å². The highest BCUT2D eigenvalue weighted by Crippen LogP contribution is 2.40. The molecule has 1 N–H and O–H groups in total. The fourth-order valence-electron chi connectivity index (χ4n) is 5.22. The number of hydrogen-bond acceptors (Lipinski definition) is 9. The number of nitrogens with zero attached hydrogens (tertiary/aromatic N) is 3. The van der Waals surface area contributed by atoms with Gasteiger partial charge in [-0.1, -0.05) is 24.3 Å². The number of carbonyl (C=O) groups is 4. The zero-order chi connectivity index (χ0) is 29.8. The van der Waals surface area contributed by atoms with Gasteiger partial charge in [-0.05, 0) is 43.7 Å². The van der Waals surface area contributed by atoms with Crippen molar-refractivity contribution in [2.45, 2.75) is 19.8 Å². The van der Waals surface area contributed by atoms with Gasteiger partial charge in [-0.25, -0.2) is 14.6 Å². The Morgan fingerprint density at radius 3 is 2.38 bits per heavy atom. The van der Waals surface area contributed by atoms with Crippen LogP contribution in [0.4, 0.5) is 0 Å². The van der Waals surface area contributed by atoms with E-state index in [2.05, 4.69) is 10.3 Å². The Morgan fingerprint density at radius 1 is 1.00 bits per heavy atom. The minimum Gasteiger partial charge on any atom is -0.466 e. The van der Waals surface area contributed by atoms with Crippen LogP contribution in [-0.2, 0) is 23.8 Å². The molecule has 1 atom stereocenters. The fourth-order valence-corrected chi connectivity index (χ4v) is 5.22. The molecule has 2 aromatic carbocycles. The second-order valence-corrected chi connectivity index (χ2v) is 9.63. The topological polar surface area (TPSA) is 129 Å². The van der Waals surface area contributed by atoms with E-state index >= 15 is 0 Å². The van der Waals surface area contributed by atoms with Crippen LogP contribution in [0.3, 0.4) is 0 Å². The minimum atomic E-state index is -0.823. The lowest BCUT2D eigenvalue weighted by atomic mass is 9.80. The fraction of sp³-hybridized carbons (Fsp3) is 0.258. The minimum absolute atomic E-state index is 0.0279. The molecule has 0 bridgehead atoms. The molecular formula is C31H30N4O7. The van der Waals surface area contributed by atoms with Crippen LogP contribution in [0, 0.1) is 0 Å². The number of aromatic nitrogens is 2. The summed E-state index contributed by atoms with van der Waals surface area (Å²) >= 11 is 0. The number of allylic oxidation sites excluding steroid dienone is 1. The van der Waals surface area contributed by atoms with Crippen molar-refractivity contribution in [3.63, 3.8) is 0 Å². The SMILES string of the molecule is CCOC(=O)C1=C(COCCN2C(=O)c3ccccc3C2=O)NC(C)=C(C(=O)OC)C1c1cccc(-n2ccnc2)c1. The van der Waals surface area contributed by atoms with Crippen molar-refractivity contribution < 1.29 is 33.4 Å². The van der Waals surface area contributed by atoms with Gasteiger partial charge >= 0.3 is 11.9 Å². The van der Waals surface area contributed by atoms with Crippen LogP contribution in [0.5, 0.6) is 0 Å². The normalized spacial score (nSPS) is 16.5. The van der Waals surface area contributed by atoms with Gasteiger partial charge in [-0.2, -0.15) is 0 Å². The molecule has 2 aliphatic heterocycles. The van der Waals surface area contributed by atoms with Crippen molar-refractivity contribution in [1.29, 1.82) is 0 Å². The number of benzene rings is 2. The summed E-state index contributed by atoms with van der Waals surface area (Å²) in [6.45, 7) is 3.53. The molecule has 42 heavy (non-hydrogen) atoms. The number of fused-ring (bicyclic) bond motifs is 1. The zero-order valence-corrected chi connectivity index (χ0v) is 23.5. The first-order valence-corrected chi connectivity index (χ1v) is 13.4. The third-order valence-electron chi connectivity index (χ3n) is 7.14. The van der Waals surface area contributed by atoms with E-state index in [0.717, 1.165) is 10.6 Å². The lowest BCUT2D eigenvalue weighted by Gasteiger charge is -2.31. The molecule has 3 heterocycles. The van der Waals surface area contributed by atoms with Gasteiger partial charge in [0.05, 0.1) is 73.7 Å². The van der Waals surface area contributed by atoms with Gasteiger partial charge in [0.2, 0.25) is 0 Å². The van der Waals surface area contributed by atoms with Gasteiger partial charge in [-0.3, -0.25) is 14.5 Å². The summed E-state index contributed by atoms with van der Waals surface area (Å²) in [5.41, 5.74) is 3.53. The molecule has 0 radical (unpaired) electrons. The molecule has 0 saturated heterocycles. The summed E-state index contributed by atoms with van der Waals surface area (Å²) in [6.07, 6.45) is 5.10. The highest BCUT2D eigenvalue weighted by molar-refractivity contribution is 6.21. The smallest absolute Gasteiger partial charge is 0.336 e. The lowest BCUT2D eigenvalue weighted by Crippen LogP contribution is -2.36. The van der Waals surface area contributed by atoms with Crippen molar-refractivity contribution in [2.24, 2.45) is 0 Å². The first-order chi connectivity index (χ1) is 20.3. The summed E-state index contributed by atoms with van der Waals surface area (Å²) in [5, 5.41) is 3.14. The maximum Gasteiger partial charge on any atom is 0.336 e. The van der Waals surface area contributed by atoms with Crippen LogP contribution < -0.4 is 5.32 Å². The van der Waals surface area contributed by atoms with Crippen molar-refractivity contribution in [1.82, 2.24) is 19.8 Å². The van der Waals surface area contributed by atoms with E-state index in [4.69, 9.17) is 14.2 Å². The molecule has 1 unspecified atom stereocenters. The van der Waals surface area contributed by atoms with Crippen LogP contribution in [-0.4, -0.2) is 71.7 Å². The Kier molecular flexibility index (Phi) is 8.30. The maximum atomic E-state index is 13.5. The van der Waals surface area contributed by atoms with Crippen molar-refractivity contribution >= 4 is 23.8 Å². The molecule has 1 aromatic heterocycles. The highest BCUT2D eigenvalue weighted by atomic mass is 16.5. The molecular weight excluding hydrogens is 540 g/mol. The number of amides is 2. The highest BCUT2D eigenvalue weighted by Gasteiger charge is 2.39. The molecule has 11 nitrogen and oxygen atoms in total. The number of nitrogens with one attached hydrogen (secondary N) is 1. The number of methoxy groups -OCH3 is 1. The first kappa shape index (κ1) is 28.5. The number of esters is 2. The molecule has 216 valence electrons. The Labute approximate surface area is 242 Å². The summed E-state index contributed by atoms with van der Waals surface area (Å²) in [6, 6.07) is 14.1. The third-order valence-corrected chi connectivity index (χ3v) is 7.14. The van der Waals surface area contributed by atoms with Gasteiger partial charge in [0.1, 0.15) is 0 Å². The first-order valence-electron chi connectivity index (χ1n) is 13.4. The van der Waals surface area contributed by atoms with E-state index < -0.39 is 17.9 Å². The average molecular weight is 571 g/mol. The molecule has 0 fully saturated rings. The second kappa shape index (κ2) is 12.2.